The van der Waals surface area contributed by atoms with Gasteiger partial charge in [-0.05, 0) is 30.2 Å². The minimum Gasteiger partial charge on any atom is -0.354 e. The lowest BCUT2D eigenvalue weighted by molar-refractivity contribution is -0.115. The number of benzene rings is 1. The Balaban J connectivity index is 1.43. The van der Waals surface area contributed by atoms with E-state index in [9.17, 15) is 4.79 Å². The number of hydrogen-bond acceptors (Lipinski definition) is 6. The Hall–Kier alpha value is -2.77. The van der Waals surface area contributed by atoms with Crippen LogP contribution in [0.3, 0.4) is 0 Å². The van der Waals surface area contributed by atoms with E-state index in [1.807, 2.05) is 36.5 Å². The van der Waals surface area contributed by atoms with E-state index in [0.717, 1.165) is 67.0 Å². The zero-order chi connectivity index (χ0) is 20.9. The summed E-state index contributed by atoms with van der Waals surface area (Å²) in [6.45, 7) is 8.36. The second kappa shape index (κ2) is 9.36. The summed E-state index contributed by atoms with van der Waals surface area (Å²) in [5.41, 5.74) is 3.09. The number of anilines is 3. The average molecular weight is 422 g/mol. The molecule has 7 heteroatoms. The summed E-state index contributed by atoms with van der Waals surface area (Å²) in [4.78, 5) is 28.2. The fraction of sp³-hybridized carbons (Fsp3) is 0.348. The van der Waals surface area contributed by atoms with Crippen LogP contribution in [0.2, 0.25) is 0 Å². The highest BCUT2D eigenvalue weighted by Crippen LogP contribution is 2.32. The van der Waals surface area contributed by atoms with Crippen molar-refractivity contribution in [2.45, 2.75) is 26.8 Å². The second-order valence-corrected chi connectivity index (χ2v) is 8.25. The summed E-state index contributed by atoms with van der Waals surface area (Å²) >= 11 is 1.53. The van der Waals surface area contributed by atoms with Crippen LogP contribution in [0.15, 0.2) is 54.0 Å². The van der Waals surface area contributed by atoms with Gasteiger partial charge in [-0.25, -0.2) is 9.97 Å². The van der Waals surface area contributed by atoms with E-state index in [4.69, 9.17) is 4.98 Å². The van der Waals surface area contributed by atoms with Crippen molar-refractivity contribution in [2.24, 2.45) is 0 Å². The van der Waals surface area contributed by atoms with Gasteiger partial charge in [0.1, 0.15) is 5.82 Å². The molecule has 4 rings (SSSR count). The number of carbonyl (C=O) groups excluding carboxylic acids is 1. The van der Waals surface area contributed by atoms with Crippen molar-refractivity contribution >= 4 is 33.9 Å². The zero-order valence-corrected chi connectivity index (χ0v) is 18.3. The molecule has 1 aliphatic rings. The smallest absolute Gasteiger partial charge is 0.230 e. The molecule has 0 radical (unpaired) electrons. The Bertz CT molecular complexity index is 982. The SMILES string of the molecule is CCc1ccccc1N(C(C)=O)c1nc(CN2CCN(c3ccccn3)CC2)cs1. The van der Waals surface area contributed by atoms with Crippen LogP contribution in [0.1, 0.15) is 25.1 Å². The molecule has 156 valence electrons. The lowest BCUT2D eigenvalue weighted by Gasteiger charge is -2.35. The van der Waals surface area contributed by atoms with E-state index < -0.39 is 0 Å². The summed E-state index contributed by atoms with van der Waals surface area (Å²) in [6.07, 6.45) is 2.72. The first-order valence-electron chi connectivity index (χ1n) is 10.4. The Morgan fingerprint density at radius 3 is 2.57 bits per heavy atom. The van der Waals surface area contributed by atoms with Crippen molar-refractivity contribution in [1.29, 1.82) is 0 Å². The maximum absolute atomic E-state index is 12.5. The summed E-state index contributed by atoms with van der Waals surface area (Å²) in [7, 11) is 0. The predicted octanol–water partition coefficient (Wildman–Crippen LogP) is 4.11. The van der Waals surface area contributed by atoms with Gasteiger partial charge in [0.05, 0.1) is 11.4 Å². The molecule has 1 aromatic carbocycles. The van der Waals surface area contributed by atoms with Crippen LogP contribution in [0.4, 0.5) is 16.6 Å². The first-order valence-corrected chi connectivity index (χ1v) is 11.2. The maximum atomic E-state index is 12.5. The highest BCUT2D eigenvalue weighted by molar-refractivity contribution is 7.14. The summed E-state index contributed by atoms with van der Waals surface area (Å²) in [6, 6.07) is 14.1. The van der Waals surface area contributed by atoms with Gasteiger partial charge in [-0.3, -0.25) is 14.6 Å². The molecule has 1 amide bonds. The number of para-hydroxylation sites is 1. The predicted molar refractivity (Wildman–Crippen MR) is 122 cm³/mol. The van der Waals surface area contributed by atoms with Crippen molar-refractivity contribution < 1.29 is 4.79 Å². The molecule has 0 spiro atoms. The van der Waals surface area contributed by atoms with Gasteiger partial charge in [0.15, 0.2) is 5.13 Å². The van der Waals surface area contributed by atoms with Gasteiger partial charge >= 0.3 is 0 Å². The van der Waals surface area contributed by atoms with E-state index in [-0.39, 0.29) is 5.91 Å². The third kappa shape index (κ3) is 4.52. The molecule has 2 aromatic heterocycles. The van der Waals surface area contributed by atoms with Crippen molar-refractivity contribution in [3.63, 3.8) is 0 Å². The Kier molecular flexibility index (Phi) is 6.40. The number of thiazole rings is 1. The second-order valence-electron chi connectivity index (χ2n) is 7.41. The molecular weight excluding hydrogens is 394 g/mol. The summed E-state index contributed by atoms with van der Waals surface area (Å²) in [5.74, 6) is 1.03. The number of nitrogens with zero attached hydrogens (tertiary/aromatic N) is 5. The average Bonchev–Trinajstić information content (AvgIpc) is 3.23. The van der Waals surface area contributed by atoms with Crippen molar-refractivity contribution in [1.82, 2.24) is 14.9 Å². The van der Waals surface area contributed by atoms with Crippen molar-refractivity contribution in [3.05, 3.63) is 65.3 Å². The summed E-state index contributed by atoms with van der Waals surface area (Å²) in [5, 5.41) is 2.82. The molecule has 0 aliphatic carbocycles. The molecule has 1 aliphatic heterocycles. The Labute approximate surface area is 181 Å². The van der Waals surface area contributed by atoms with Gasteiger partial charge in [0.2, 0.25) is 5.91 Å². The molecule has 0 unspecified atom stereocenters. The number of aromatic nitrogens is 2. The molecule has 1 saturated heterocycles. The van der Waals surface area contributed by atoms with E-state index in [2.05, 4.69) is 39.2 Å². The lowest BCUT2D eigenvalue weighted by atomic mass is 10.1. The number of rotatable bonds is 6. The molecule has 3 heterocycles. The molecule has 30 heavy (non-hydrogen) atoms. The highest BCUT2D eigenvalue weighted by atomic mass is 32.1. The number of piperazine rings is 1. The van der Waals surface area contributed by atoms with E-state index in [1.165, 1.54) is 11.3 Å². The fourth-order valence-electron chi connectivity index (χ4n) is 3.81. The number of amides is 1. The topological polar surface area (TPSA) is 52.6 Å². The Morgan fingerprint density at radius 1 is 1.10 bits per heavy atom. The first-order chi connectivity index (χ1) is 14.7. The largest absolute Gasteiger partial charge is 0.354 e. The molecule has 6 nitrogen and oxygen atoms in total. The molecule has 3 aromatic rings. The minimum atomic E-state index is -0.0132. The highest BCUT2D eigenvalue weighted by Gasteiger charge is 2.22. The lowest BCUT2D eigenvalue weighted by Crippen LogP contribution is -2.46. The van der Waals surface area contributed by atoms with Crippen LogP contribution in [0.5, 0.6) is 0 Å². The number of hydrogen-bond donors (Lipinski definition) is 0. The third-order valence-corrected chi connectivity index (χ3v) is 6.27. The molecule has 0 N–H and O–H groups in total. The Morgan fingerprint density at radius 2 is 1.87 bits per heavy atom. The molecule has 0 atom stereocenters. The molecular formula is C23H27N5OS. The molecule has 0 saturated carbocycles. The number of carbonyl (C=O) groups is 1. The van der Waals surface area contributed by atoms with Gasteiger partial charge in [-0.1, -0.05) is 31.2 Å². The van der Waals surface area contributed by atoms with Crippen LogP contribution in [-0.4, -0.2) is 47.0 Å². The molecule has 1 fully saturated rings. The standard InChI is InChI=1S/C23H27N5OS/c1-3-19-8-4-5-9-21(19)28(18(2)29)23-25-20(17-30-23)16-26-12-14-27(15-13-26)22-10-6-7-11-24-22/h4-11,17H,3,12-16H2,1-2H3. The van der Waals surface area contributed by atoms with Crippen LogP contribution in [0, 0.1) is 0 Å². The monoisotopic (exact) mass is 421 g/mol. The fourth-order valence-corrected chi connectivity index (χ4v) is 4.68. The van der Waals surface area contributed by atoms with Crippen molar-refractivity contribution in [2.75, 3.05) is 36.0 Å². The number of pyridine rings is 1. The van der Waals surface area contributed by atoms with Crippen molar-refractivity contribution in [3.8, 4) is 0 Å². The van der Waals surface area contributed by atoms with E-state index >= 15 is 0 Å². The van der Waals surface area contributed by atoms with Gasteiger partial charge < -0.3 is 4.90 Å². The number of aryl methyl sites for hydroxylation is 1. The molecule has 0 bridgehead atoms. The summed E-state index contributed by atoms with van der Waals surface area (Å²) < 4.78 is 0. The normalized spacial score (nSPS) is 14.7. The van der Waals surface area contributed by atoms with Crippen LogP contribution < -0.4 is 9.80 Å². The van der Waals surface area contributed by atoms with Crippen LogP contribution in [-0.2, 0) is 17.8 Å². The van der Waals surface area contributed by atoms with Crippen LogP contribution >= 0.6 is 11.3 Å². The minimum absolute atomic E-state index is 0.0132. The van der Waals surface area contributed by atoms with Gasteiger partial charge in [0, 0.05) is 51.2 Å². The first kappa shape index (κ1) is 20.5. The third-order valence-electron chi connectivity index (χ3n) is 5.39. The van der Waals surface area contributed by atoms with Gasteiger partial charge in [-0.15, -0.1) is 11.3 Å². The van der Waals surface area contributed by atoms with Gasteiger partial charge in [0.25, 0.3) is 0 Å². The van der Waals surface area contributed by atoms with E-state index in [0.29, 0.717) is 0 Å². The van der Waals surface area contributed by atoms with E-state index in [1.54, 1.807) is 11.8 Å². The van der Waals surface area contributed by atoms with Crippen LogP contribution in [0.25, 0.3) is 0 Å². The zero-order valence-electron chi connectivity index (χ0n) is 17.5. The maximum Gasteiger partial charge on any atom is 0.230 e. The van der Waals surface area contributed by atoms with Gasteiger partial charge in [-0.2, -0.15) is 0 Å². The quantitative estimate of drug-likeness (QED) is 0.600.